The predicted octanol–water partition coefficient (Wildman–Crippen LogP) is 3.76. The number of hydrogen-bond acceptors (Lipinski definition) is 4. The number of nitrogens with zero attached hydrogens (tertiary/aromatic N) is 2. The van der Waals surface area contributed by atoms with Crippen LogP contribution in [0.4, 0.5) is 0 Å². The van der Waals surface area contributed by atoms with E-state index in [1.165, 1.54) is 5.56 Å². The van der Waals surface area contributed by atoms with Gasteiger partial charge in [-0.25, -0.2) is 4.98 Å². The summed E-state index contributed by atoms with van der Waals surface area (Å²) >= 11 is 1.59. The molecule has 0 aliphatic carbocycles. The minimum absolute atomic E-state index is 0.0546. The summed E-state index contributed by atoms with van der Waals surface area (Å²) in [6, 6.07) is 12.0. The lowest BCUT2D eigenvalue weighted by Crippen LogP contribution is -2.23. The molecule has 1 aromatic carbocycles. The van der Waals surface area contributed by atoms with Crippen LogP contribution in [0.2, 0.25) is 0 Å². The van der Waals surface area contributed by atoms with Gasteiger partial charge >= 0.3 is 0 Å². The number of hydrogen-bond donors (Lipinski definition) is 1. The molecule has 3 aromatic rings. The molecule has 0 fully saturated rings. The number of aromatic nitrogens is 2. The molecule has 0 unspecified atom stereocenters. The molecule has 4 nitrogen and oxygen atoms in total. The average Bonchev–Trinajstić information content (AvgIpc) is 3.09. The van der Waals surface area contributed by atoms with Crippen molar-refractivity contribution in [2.75, 3.05) is 0 Å². The molecule has 0 spiro atoms. The summed E-state index contributed by atoms with van der Waals surface area (Å²) in [6.45, 7) is 2.63. The molecule has 24 heavy (non-hydrogen) atoms. The molecule has 1 amide bonds. The first-order valence-corrected chi connectivity index (χ1v) is 8.76. The topological polar surface area (TPSA) is 54.9 Å². The summed E-state index contributed by atoms with van der Waals surface area (Å²) in [4.78, 5) is 20.6. The third kappa shape index (κ3) is 4.26. The third-order valence-electron chi connectivity index (χ3n) is 3.83. The summed E-state index contributed by atoms with van der Waals surface area (Å²) in [5, 5.41) is 5.98. The zero-order chi connectivity index (χ0) is 16.8. The Kier molecular flexibility index (Phi) is 5.33. The number of pyridine rings is 1. The molecule has 0 atom stereocenters. The number of rotatable bonds is 6. The first-order valence-electron chi connectivity index (χ1n) is 7.88. The fourth-order valence-electron chi connectivity index (χ4n) is 2.39. The molecule has 0 saturated carbocycles. The number of aryl methyl sites for hydroxylation is 2. The highest BCUT2D eigenvalue weighted by Crippen LogP contribution is 2.21. The van der Waals surface area contributed by atoms with Crippen molar-refractivity contribution in [1.29, 1.82) is 0 Å². The highest BCUT2D eigenvalue weighted by atomic mass is 32.1. The van der Waals surface area contributed by atoms with Crippen molar-refractivity contribution in [3.63, 3.8) is 0 Å². The quantitative estimate of drug-likeness (QED) is 0.745. The van der Waals surface area contributed by atoms with Crippen molar-refractivity contribution in [3.8, 4) is 11.3 Å². The Morgan fingerprint density at radius 1 is 1.17 bits per heavy atom. The van der Waals surface area contributed by atoms with Gasteiger partial charge in [0.2, 0.25) is 5.91 Å². The Labute approximate surface area is 145 Å². The summed E-state index contributed by atoms with van der Waals surface area (Å²) in [5.41, 5.74) is 4.34. The smallest absolute Gasteiger partial charge is 0.220 e. The van der Waals surface area contributed by atoms with Gasteiger partial charge in [0.25, 0.3) is 0 Å². The zero-order valence-corrected chi connectivity index (χ0v) is 14.3. The Morgan fingerprint density at radius 2 is 1.96 bits per heavy atom. The molecular formula is C19H19N3OS. The van der Waals surface area contributed by atoms with Gasteiger partial charge in [-0.15, -0.1) is 11.3 Å². The second-order valence-corrected chi connectivity index (χ2v) is 6.51. The summed E-state index contributed by atoms with van der Waals surface area (Å²) in [6.07, 6.45) is 4.63. The number of amides is 1. The maximum atomic E-state index is 12.0. The van der Waals surface area contributed by atoms with Crippen LogP contribution in [-0.2, 0) is 17.8 Å². The van der Waals surface area contributed by atoms with Crippen LogP contribution < -0.4 is 5.32 Å². The second kappa shape index (κ2) is 7.84. The summed E-state index contributed by atoms with van der Waals surface area (Å²) < 4.78 is 0. The van der Waals surface area contributed by atoms with E-state index in [2.05, 4.69) is 28.3 Å². The number of benzene rings is 1. The van der Waals surface area contributed by atoms with Crippen molar-refractivity contribution in [2.45, 2.75) is 26.3 Å². The Morgan fingerprint density at radius 3 is 2.75 bits per heavy atom. The van der Waals surface area contributed by atoms with E-state index < -0.39 is 0 Å². The summed E-state index contributed by atoms with van der Waals surface area (Å²) in [7, 11) is 0. The fourth-order valence-corrected chi connectivity index (χ4v) is 3.20. The molecule has 0 radical (unpaired) electrons. The van der Waals surface area contributed by atoms with E-state index in [0.29, 0.717) is 19.4 Å². The highest BCUT2D eigenvalue weighted by Gasteiger charge is 2.08. The minimum Gasteiger partial charge on any atom is -0.352 e. The maximum absolute atomic E-state index is 12.0. The van der Waals surface area contributed by atoms with Crippen LogP contribution in [0.25, 0.3) is 11.3 Å². The highest BCUT2D eigenvalue weighted by molar-refractivity contribution is 7.09. The largest absolute Gasteiger partial charge is 0.352 e. The normalized spacial score (nSPS) is 10.5. The van der Waals surface area contributed by atoms with E-state index in [9.17, 15) is 4.79 Å². The van der Waals surface area contributed by atoms with Crippen LogP contribution in [0, 0.1) is 6.92 Å². The molecule has 2 aromatic heterocycles. The zero-order valence-electron chi connectivity index (χ0n) is 13.5. The van der Waals surface area contributed by atoms with Gasteiger partial charge in [-0.1, -0.05) is 24.3 Å². The van der Waals surface area contributed by atoms with Crippen molar-refractivity contribution in [1.82, 2.24) is 15.3 Å². The van der Waals surface area contributed by atoms with Gasteiger partial charge in [-0.3, -0.25) is 9.78 Å². The number of thiazole rings is 1. The van der Waals surface area contributed by atoms with Gasteiger partial charge in [0.05, 0.1) is 10.7 Å². The maximum Gasteiger partial charge on any atom is 0.220 e. The number of nitrogens with one attached hydrogen (secondary N) is 1. The molecule has 2 heterocycles. The van der Waals surface area contributed by atoms with E-state index >= 15 is 0 Å². The van der Waals surface area contributed by atoms with Crippen molar-refractivity contribution in [3.05, 3.63) is 70.3 Å². The SMILES string of the molecule is Cc1ccccc1CNC(=O)CCc1nc(-c2ccncc2)cs1. The lowest BCUT2D eigenvalue weighted by Gasteiger charge is -2.07. The van der Waals surface area contributed by atoms with E-state index in [-0.39, 0.29) is 5.91 Å². The van der Waals surface area contributed by atoms with Crippen LogP contribution >= 0.6 is 11.3 Å². The lowest BCUT2D eigenvalue weighted by atomic mass is 10.1. The van der Waals surface area contributed by atoms with Gasteiger partial charge in [-0.2, -0.15) is 0 Å². The van der Waals surface area contributed by atoms with E-state index in [4.69, 9.17) is 0 Å². The van der Waals surface area contributed by atoms with Gasteiger partial charge in [0, 0.05) is 42.7 Å². The third-order valence-corrected chi connectivity index (χ3v) is 4.74. The van der Waals surface area contributed by atoms with Crippen molar-refractivity contribution < 1.29 is 4.79 Å². The van der Waals surface area contributed by atoms with Crippen LogP contribution in [-0.4, -0.2) is 15.9 Å². The van der Waals surface area contributed by atoms with Crippen LogP contribution in [0.1, 0.15) is 22.6 Å². The van der Waals surface area contributed by atoms with Crippen LogP contribution in [0.3, 0.4) is 0 Å². The lowest BCUT2D eigenvalue weighted by molar-refractivity contribution is -0.121. The Balaban J connectivity index is 1.50. The molecule has 5 heteroatoms. The van der Waals surface area contributed by atoms with Crippen LogP contribution in [0.15, 0.2) is 54.2 Å². The van der Waals surface area contributed by atoms with Crippen LogP contribution in [0.5, 0.6) is 0 Å². The number of carbonyl (C=O) groups excluding carboxylic acids is 1. The Hall–Kier alpha value is -2.53. The van der Waals surface area contributed by atoms with Crippen molar-refractivity contribution in [2.24, 2.45) is 0 Å². The van der Waals surface area contributed by atoms with Gasteiger partial charge < -0.3 is 5.32 Å². The van der Waals surface area contributed by atoms with Gasteiger partial charge in [0.1, 0.15) is 0 Å². The molecule has 0 saturated heterocycles. The molecule has 122 valence electrons. The standard InChI is InChI=1S/C19H19N3OS/c1-14-4-2-3-5-16(14)12-21-18(23)6-7-19-22-17(13-24-19)15-8-10-20-11-9-15/h2-5,8-11,13H,6-7,12H2,1H3,(H,21,23). The van der Waals surface area contributed by atoms with Crippen molar-refractivity contribution >= 4 is 17.2 Å². The molecular weight excluding hydrogens is 318 g/mol. The minimum atomic E-state index is 0.0546. The predicted molar refractivity (Wildman–Crippen MR) is 96.7 cm³/mol. The number of carbonyl (C=O) groups is 1. The van der Waals surface area contributed by atoms with E-state index in [1.807, 2.05) is 35.7 Å². The second-order valence-electron chi connectivity index (χ2n) is 5.57. The average molecular weight is 337 g/mol. The van der Waals surface area contributed by atoms with Gasteiger partial charge in [-0.05, 0) is 30.2 Å². The molecule has 0 aliphatic rings. The first kappa shape index (κ1) is 16.3. The monoisotopic (exact) mass is 337 g/mol. The summed E-state index contributed by atoms with van der Waals surface area (Å²) in [5.74, 6) is 0.0546. The molecule has 0 bridgehead atoms. The van der Waals surface area contributed by atoms with E-state index in [1.54, 1.807) is 23.7 Å². The molecule has 3 rings (SSSR count). The molecule has 1 N–H and O–H groups in total. The first-order chi connectivity index (χ1) is 11.7. The Bertz CT molecular complexity index is 814. The van der Waals surface area contributed by atoms with Gasteiger partial charge in [0.15, 0.2) is 0 Å². The fraction of sp³-hybridized carbons (Fsp3) is 0.211. The van der Waals surface area contributed by atoms with E-state index in [0.717, 1.165) is 21.8 Å². The molecule has 0 aliphatic heterocycles.